The molecule has 0 bridgehead atoms. The molecule has 5 rings (SSSR count). The molecule has 0 atom stereocenters. The molecule has 7 nitrogen and oxygen atoms in total. The highest BCUT2D eigenvalue weighted by molar-refractivity contribution is 6.03. The quantitative estimate of drug-likeness (QED) is 0.180. The average Bonchev–Trinajstić information content (AvgIpc) is 3.29. The molecule has 0 saturated heterocycles. The van der Waals surface area contributed by atoms with Gasteiger partial charge in [0.1, 0.15) is 12.8 Å². The molecular formula is C36H36N3O4+. The van der Waals surface area contributed by atoms with Crippen molar-refractivity contribution in [3.8, 4) is 5.75 Å². The summed E-state index contributed by atoms with van der Waals surface area (Å²) in [5.74, 6) is -0.397. The van der Waals surface area contributed by atoms with Gasteiger partial charge in [-0.25, -0.2) is 4.79 Å². The first kappa shape index (κ1) is 29.5. The molecular weight excluding hydrogens is 538 g/mol. The Balaban J connectivity index is 1.46. The molecule has 3 heterocycles. The first-order valence-corrected chi connectivity index (χ1v) is 14.1. The van der Waals surface area contributed by atoms with Gasteiger partial charge in [-0.15, -0.1) is 0 Å². The van der Waals surface area contributed by atoms with E-state index in [0.717, 1.165) is 45.0 Å². The maximum Gasteiger partial charge on any atom is 0.335 e. The Hall–Kier alpha value is -5.04. The van der Waals surface area contributed by atoms with Gasteiger partial charge in [-0.3, -0.25) is 9.78 Å². The lowest BCUT2D eigenvalue weighted by atomic mass is 9.81. The number of hydrogen-bond acceptors (Lipinski definition) is 5. The van der Waals surface area contributed by atoms with Crippen molar-refractivity contribution < 1.29 is 24.0 Å². The molecule has 0 radical (unpaired) electrons. The molecule has 0 spiro atoms. The largest absolute Gasteiger partial charge is 0.478 e. The predicted molar refractivity (Wildman–Crippen MR) is 170 cm³/mol. The molecule has 1 aromatic heterocycles. The van der Waals surface area contributed by atoms with E-state index in [-0.39, 0.29) is 10.8 Å². The second kappa shape index (κ2) is 11.3. The number of hydrogen-bond donors (Lipinski definition) is 1. The van der Waals surface area contributed by atoms with Gasteiger partial charge in [0.05, 0.1) is 11.0 Å². The summed E-state index contributed by atoms with van der Waals surface area (Å²) in [6, 6.07) is 15.0. The molecule has 0 unspecified atom stereocenters. The maximum absolute atomic E-state index is 11.6. The third-order valence-electron chi connectivity index (χ3n) is 8.54. The fourth-order valence-electron chi connectivity index (χ4n) is 6.19. The summed E-state index contributed by atoms with van der Waals surface area (Å²) in [4.78, 5) is 28.8. The van der Waals surface area contributed by atoms with E-state index in [4.69, 9.17) is 4.74 Å². The molecule has 0 aliphatic carbocycles. The van der Waals surface area contributed by atoms with Crippen molar-refractivity contribution in [2.45, 2.75) is 38.5 Å². The standard InChI is InChI=1S/C36H35N3O4/c1-35(2)28-21-26(34(41)42)13-15-30(28)38(5)32(35)11-7-9-24(25-17-19-37-20-18-25)10-8-12-33-36(3,4)29-22-27(43-23-40)14-16-31(29)39(33)6/h7-23H,1-6H3/p+1. The summed E-state index contributed by atoms with van der Waals surface area (Å²) in [5, 5.41) is 9.51. The second-order valence-corrected chi connectivity index (χ2v) is 11.8. The van der Waals surface area contributed by atoms with E-state index < -0.39 is 5.97 Å². The van der Waals surface area contributed by atoms with Crippen LogP contribution in [0.5, 0.6) is 5.75 Å². The van der Waals surface area contributed by atoms with E-state index in [1.807, 2.05) is 50.5 Å². The van der Waals surface area contributed by atoms with Crippen LogP contribution in [0.2, 0.25) is 0 Å². The van der Waals surface area contributed by atoms with Crippen molar-refractivity contribution in [3.05, 3.63) is 125 Å². The summed E-state index contributed by atoms with van der Waals surface area (Å²) in [6.45, 7) is 9.01. The number of aromatic carboxylic acids is 1. The molecule has 7 heteroatoms. The van der Waals surface area contributed by atoms with Crippen molar-refractivity contribution in [2.24, 2.45) is 0 Å². The van der Waals surface area contributed by atoms with E-state index in [2.05, 4.69) is 72.5 Å². The summed E-state index contributed by atoms with van der Waals surface area (Å²) < 4.78 is 7.27. The number of carbonyl (C=O) groups is 2. The fourth-order valence-corrected chi connectivity index (χ4v) is 6.19. The Kier molecular flexibility index (Phi) is 7.76. The highest BCUT2D eigenvalue weighted by atomic mass is 16.5. The molecule has 43 heavy (non-hydrogen) atoms. The van der Waals surface area contributed by atoms with Crippen LogP contribution >= 0.6 is 0 Å². The van der Waals surface area contributed by atoms with E-state index in [1.165, 1.54) is 0 Å². The number of anilines is 1. The van der Waals surface area contributed by atoms with Gasteiger partial charge in [-0.05, 0) is 79.1 Å². The van der Waals surface area contributed by atoms with Crippen LogP contribution in [-0.4, -0.2) is 46.9 Å². The SMILES string of the molecule is CN1C(=CC=CC(=CC=CC2=[N+](C)c3ccc(OC=O)cc3C2(C)C)c2ccncc2)C(C)(C)c2cc(C(=O)O)ccc21. The van der Waals surface area contributed by atoms with Crippen LogP contribution in [0.25, 0.3) is 5.57 Å². The lowest BCUT2D eigenvalue weighted by Crippen LogP contribution is -2.26. The summed E-state index contributed by atoms with van der Waals surface area (Å²) in [6.07, 6.45) is 16.0. The van der Waals surface area contributed by atoms with E-state index in [1.54, 1.807) is 30.6 Å². The van der Waals surface area contributed by atoms with E-state index in [9.17, 15) is 14.7 Å². The molecule has 0 saturated carbocycles. The number of carbonyl (C=O) groups excluding carboxylic acids is 1. The number of fused-ring (bicyclic) bond motifs is 2. The van der Waals surface area contributed by atoms with Crippen LogP contribution in [0.4, 0.5) is 11.4 Å². The first-order chi connectivity index (χ1) is 20.5. The van der Waals surface area contributed by atoms with Crippen LogP contribution in [0.1, 0.15) is 54.7 Å². The average molecular weight is 575 g/mol. The number of nitrogens with zero attached hydrogens (tertiary/aromatic N) is 3. The third-order valence-corrected chi connectivity index (χ3v) is 8.54. The fraction of sp³-hybridized carbons (Fsp3) is 0.222. The molecule has 0 fully saturated rings. The lowest BCUT2D eigenvalue weighted by Gasteiger charge is -2.23. The van der Waals surface area contributed by atoms with E-state index in [0.29, 0.717) is 17.8 Å². The first-order valence-electron chi connectivity index (χ1n) is 14.1. The Labute approximate surface area is 252 Å². The number of ether oxygens (including phenoxy) is 1. The van der Waals surface area contributed by atoms with Crippen molar-refractivity contribution >= 4 is 35.1 Å². The summed E-state index contributed by atoms with van der Waals surface area (Å²) in [7, 11) is 4.06. The van der Waals surface area contributed by atoms with Crippen LogP contribution in [0.3, 0.4) is 0 Å². The highest BCUT2D eigenvalue weighted by Gasteiger charge is 2.43. The van der Waals surface area contributed by atoms with Crippen molar-refractivity contribution in [1.82, 2.24) is 4.98 Å². The van der Waals surface area contributed by atoms with Crippen molar-refractivity contribution in [2.75, 3.05) is 19.0 Å². The number of benzene rings is 2. The van der Waals surface area contributed by atoms with Crippen LogP contribution in [-0.2, 0) is 15.6 Å². The van der Waals surface area contributed by atoms with Crippen LogP contribution in [0, 0.1) is 0 Å². The Morgan fingerprint density at radius 1 is 0.953 bits per heavy atom. The number of rotatable bonds is 8. The van der Waals surface area contributed by atoms with Gasteiger partial charge in [0, 0.05) is 53.9 Å². The number of likely N-dealkylation sites (N-methyl/N-ethyl adjacent to an activating group) is 1. The molecule has 2 aliphatic rings. The van der Waals surface area contributed by atoms with Gasteiger partial charge in [0.15, 0.2) is 5.71 Å². The molecule has 2 aromatic carbocycles. The highest BCUT2D eigenvalue weighted by Crippen LogP contribution is 2.47. The summed E-state index contributed by atoms with van der Waals surface area (Å²) in [5.41, 5.74) is 8.06. The second-order valence-electron chi connectivity index (χ2n) is 11.8. The monoisotopic (exact) mass is 574 g/mol. The number of aromatic nitrogens is 1. The van der Waals surface area contributed by atoms with Crippen molar-refractivity contribution in [3.63, 3.8) is 0 Å². The normalized spacial score (nSPS) is 18.0. The Bertz CT molecular complexity index is 1760. The van der Waals surface area contributed by atoms with Gasteiger partial charge in [-0.1, -0.05) is 38.2 Å². The van der Waals surface area contributed by atoms with Crippen molar-refractivity contribution in [1.29, 1.82) is 0 Å². The van der Waals surface area contributed by atoms with Gasteiger partial charge in [-0.2, -0.15) is 4.58 Å². The molecule has 3 aromatic rings. The molecule has 218 valence electrons. The van der Waals surface area contributed by atoms with E-state index >= 15 is 0 Å². The number of allylic oxidation sites excluding steroid dienone is 8. The zero-order chi connectivity index (χ0) is 30.9. The number of pyridine rings is 1. The lowest BCUT2D eigenvalue weighted by molar-refractivity contribution is -0.401. The summed E-state index contributed by atoms with van der Waals surface area (Å²) >= 11 is 0. The Morgan fingerprint density at radius 3 is 2.40 bits per heavy atom. The number of carboxylic acid groups (broad SMARTS) is 1. The van der Waals surface area contributed by atoms with Gasteiger partial charge >= 0.3 is 5.97 Å². The smallest absolute Gasteiger partial charge is 0.335 e. The minimum absolute atomic E-state index is 0.290. The third kappa shape index (κ3) is 5.34. The van der Waals surface area contributed by atoms with Crippen LogP contribution < -0.4 is 9.64 Å². The van der Waals surface area contributed by atoms with Crippen LogP contribution in [0.15, 0.2) is 103 Å². The van der Waals surface area contributed by atoms with Gasteiger partial charge < -0.3 is 14.7 Å². The Morgan fingerprint density at radius 2 is 1.70 bits per heavy atom. The minimum atomic E-state index is -0.926. The maximum atomic E-state index is 11.6. The molecule has 0 amide bonds. The number of carboxylic acids is 1. The molecule has 1 N–H and O–H groups in total. The zero-order valence-corrected chi connectivity index (χ0v) is 25.3. The molecule has 2 aliphatic heterocycles. The predicted octanol–water partition coefficient (Wildman–Crippen LogP) is 6.83. The van der Waals surface area contributed by atoms with Gasteiger partial charge in [0.2, 0.25) is 5.69 Å². The topological polar surface area (TPSA) is 82.7 Å². The van der Waals surface area contributed by atoms with Gasteiger partial charge in [0.25, 0.3) is 6.47 Å². The zero-order valence-electron chi connectivity index (χ0n) is 25.3. The minimum Gasteiger partial charge on any atom is -0.478 e.